The number of esters is 1. The van der Waals surface area contributed by atoms with Gasteiger partial charge >= 0.3 is 5.97 Å². The highest BCUT2D eigenvalue weighted by Crippen LogP contribution is 2.41. The molecule has 0 unspecified atom stereocenters. The number of thioether (sulfide) groups is 1. The predicted molar refractivity (Wildman–Crippen MR) is 79.8 cm³/mol. The third kappa shape index (κ3) is 3.55. The molecule has 0 radical (unpaired) electrons. The number of hydrogen-bond donors (Lipinski definition) is 2. The molecule has 0 bridgehead atoms. The molecular formula is C12H20N2O2S2. The van der Waals surface area contributed by atoms with E-state index in [2.05, 4.69) is 19.2 Å². The summed E-state index contributed by atoms with van der Waals surface area (Å²) in [4.78, 5) is 13.2. The second-order valence-electron chi connectivity index (χ2n) is 4.20. The zero-order valence-electron chi connectivity index (χ0n) is 11.2. The number of nitrogens with one attached hydrogen (secondary N) is 1. The number of nitrogen functional groups attached to an aromatic ring is 1. The predicted octanol–water partition coefficient (Wildman–Crippen LogP) is 3.30. The highest BCUT2D eigenvalue weighted by atomic mass is 32.2. The minimum Gasteiger partial charge on any atom is -0.462 e. The first-order valence-corrected chi connectivity index (χ1v) is 7.92. The van der Waals surface area contributed by atoms with Gasteiger partial charge in [-0.05, 0) is 19.1 Å². The van der Waals surface area contributed by atoms with E-state index >= 15 is 0 Å². The lowest BCUT2D eigenvalue weighted by atomic mass is 10.2. The summed E-state index contributed by atoms with van der Waals surface area (Å²) in [6, 6.07) is 0. The molecule has 0 aliphatic heterocycles. The molecule has 0 spiro atoms. The van der Waals surface area contributed by atoms with Crippen molar-refractivity contribution in [3.63, 3.8) is 0 Å². The van der Waals surface area contributed by atoms with Crippen molar-refractivity contribution in [2.24, 2.45) is 5.92 Å². The summed E-state index contributed by atoms with van der Waals surface area (Å²) in [5.74, 6) is 0.196. The highest BCUT2D eigenvalue weighted by Gasteiger charge is 2.21. The summed E-state index contributed by atoms with van der Waals surface area (Å²) in [6.07, 6.45) is 1.95. The molecule has 0 saturated heterocycles. The van der Waals surface area contributed by atoms with Gasteiger partial charge in [-0.15, -0.1) is 23.1 Å². The fraction of sp³-hybridized carbons (Fsp3) is 0.583. The average Bonchev–Trinajstić information content (AvgIpc) is 2.63. The second-order valence-corrected chi connectivity index (χ2v) is 6.04. The Kier molecular flexibility index (Phi) is 5.81. The maximum Gasteiger partial charge on any atom is 0.350 e. The first kappa shape index (κ1) is 15.2. The summed E-state index contributed by atoms with van der Waals surface area (Å²) in [6.45, 7) is 7.27. The molecule has 0 aliphatic carbocycles. The molecule has 4 nitrogen and oxygen atoms in total. The van der Waals surface area contributed by atoms with Crippen LogP contribution >= 0.6 is 23.1 Å². The lowest BCUT2D eigenvalue weighted by Gasteiger charge is -2.08. The van der Waals surface area contributed by atoms with Crippen molar-refractivity contribution in [3.05, 3.63) is 4.88 Å². The van der Waals surface area contributed by atoms with Crippen molar-refractivity contribution < 1.29 is 9.53 Å². The molecular weight excluding hydrogens is 268 g/mol. The summed E-state index contributed by atoms with van der Waals surface area (Å²) >= 11 is 2.91. The van der Waals surface area contributed by atoms with Gasteiger partial charge in [-0.3, -0.25) is 0 Å². The number of nitrogens with two attached hydrogens (primary N) is 1. The van der Waals surface area contributed by atoms with E-state index < -0.39 is 0 Å². The van der Waals surface area contributed by atoms with Gasteiger partial charge in [-0.1, -0.05) is 13.8 Å². The van der Waals surface area contributed by atoms with Gasteiger partial charge in [0.15, 0.2) is 0 Å². The zero-order valence-corrected chi connectivity index (χ0v) is 12.8. The van der Waals surface area contributed by atoms with Gasteiger partial charge in [0, 0.05) is 6.54 Å². The van der Waals surface area contributed by atoms with Gasteiger partial charge in [-0.2, -0.15) is 0 Å². The molecule has 1 heterocycles. The van der Waals surface area contributed by atoms with Crippen LogP contribution in [0.2, 0.25) is 0 Å². The molecule has 18 heavy (non-hydrogen) atoms. The van der Waals surface area contributed by atoms with Crippen LogP contribution in [0, 0.1) is 5.92 Å². The summed E-state index contributed by atoms with van der Waals surface area (Å²) in [7, 11) is 0. The highest BCUT2D eigenvalue weighted by molar-refractivity contribution is 7.99. The van der Waals surface area contributed by atoms with Crippen molar-refractivity contribution in [1.29, 1.82) is 0 Å². The van der Waals surface area contributed by atoms with Crippen LogP contribution in [0.25, 0.3) is 0 Å². The maximum absolute atomic E-state index is 11.8. The average molecular weight is 288 g/mol. The van der Waals surface area contributed by atoms with E-state index in [0.29, 0.717) is 23.1 Å². The summed E-state index contributed by atoms with van der Waals surface area (Å²) in [5.41, 5.74) is 6.53. The maximum atomic E-state index is 11.8. The second kappa shape index (κ2) is 6.89. The van der Waals surface area contributed by atoms with E-state index in [1.165, 1.54) is 11.3 Å². The van der Waals surface area contributed by atoms with E-state index in [1.807, 2.05) is 6.26 Å². The monoisotopic (exact) mass is 288 g/mol. The van der Waals surface area contributed by atoms with Crippen LogP contribution in [0.1, 0.15) is 30.4 Å². The minimum absolute atomic E-state index is 0.340. The molecule has 102 valence electrons. The third-order valence-corrected chi connectivity index (χ3v) is 4.34. The number of rotatable bonds is 6. The fourth-order valence-corrected chi connectivity index (χ4v) is 3.33. The summed E-state index contributed by atoms with van der Waals surface area (Å²) in [5, 5.41) is 4.29. The van der Waals surface area contributed by atoms with Gasteiger partial charge < -0.3 is 15.8 Å². The molecule has 1 aromatic heterocycles. The number of anilines is 2. The molecule has 3 N–H and O–H groups in total. The van der Waals surface area contributed by atoms with Gasteiger partial charge in [0.1, 0.15) is 9.88 Å². The van der Waals surface area contributed by atoms with Crippen LogP contribution in [0.4, 0.5) is 10.7 Å². The normalized spacial score (nSPS) is 10.7. The molecule has 0 amide bonds. The molecule has 0 aromatic carbocycles. The Balaban J connectivity index is 2.97. The van der Waals surface area contributed by atoms with Crippen molar-refractivity contribution in [3.8, 4) is 0 Å². The van der Waals surface area contributed by atoms with Crippen molar-refractivity contribution in [2.45, 2.75) is 25.7 Å². The van der Waals surface area contributed by atoms with E-state index in [-0.39, 0.29) is 5.97 Å². The molecule has 0 aliphatic rings. The van der Waals surface area contributed by atoms with E-state index in [9.17, 15) is 4.79 Å². The topological polar surface area (TPSA) is 64.3 Å². The van der Waals surface area contributed by atoms with Crippen molar-refractivity contribution in [1.82, 2.24) is 0 Å². The Bertz CT molecular complexity index is 416. The SMILES string of the molecule is CCOC(=O)c1sc(NCC(C)C)c(SC)c1N. The molecule has 1 rings (SSSR count). The van der Waals surface area contributed by atoms with Crippen molar-refractivity contribution in [2.75, 3.05) is 30.5 Å². The number of carbonyl (C=O) groups excluding carboxylic acids is 1. The third-order valence-electron chi connectivity index (χ3n) is 2.24. The minimum atomic E-state index is -0.340. The van der Waals surface area contributed by atoms with E-state index in [0.717, 1.165) is 16.4 Å². The molecule has 6 heteroatoms. The summed E-state index contributed by atoms with van der Waals surface area (Å²) < 4.78 is 5.00. The Morgan fingerprint density at radius 3 is 2.72 bits per heavy atom. The van der Waals surface area contributed by atoms with Gasteiger partial charge in [0.05, 0.1) is 17.2 Å². The number of carbonyl (C=O) groups is 1. The van der Waals surface area contributed by atoms with E-state index in [1.54, 1.807) is 18.7 Å². The number of thiophene rings is 1. The smallest absolute Gasteiger partial charge is 0.350 e. The van der Waals surface area contributed by atoms with Crippen molar-refractivity contribution >= 4 is 39.8 Å². The molecule has 1 aromatic rings. The first-order chi connectivity index (χ1) is 8.51. The first-order valence-electron chi connectivity index (χ1n) is 5.88. The molecule has 0 atom stereocenters. The zero-order chi connectivity index (χ0) is 13.7. The molecule has 0 saturated carbocycles. The number of hydrogen-bond acceptors (Lipinski definition) is 6. The Hall–Kier alpha value is -0.880. The van der Waals surface area contributed by atoms with Crippen LogP contribution in [0.5, 0.6) is 0 Å². The van der Waals surface area contributed by atoms with Gasteiger partial charge in [0.25, 0.3) is 0 Å². The quantitative estimate of drug-likeness (QED) is 0.621. The van der Waals surface area contributed by atoms with Crippen LogP contribution in [0.3, 0.4) is 0 Å². The lowest BCUT2D eigenvalue weighted by Crippen LogP contribution is -2.07. The Labute approximate surface area is 116 Å². The number of ether oxygens (including phenoxy) is 1. The van der Waals surface area contributed by atoms with Crippen LogP contribution in [-0.2, 0) is 4.74 Å². The Morgan fingerprint density at radius 1 is 1.56 bits per heavy atom. The Morgan fingerprint density at radius 2 is 2.22 bits per heavy atom. The van der Waals surface area contributed by atoms with Crippen LogP contribution < -0.4 is 11.1 Å². The van der Waals surface area contributed by atoms with Gasteiger partial charge in [0.2, 0.25) is 0 Å². The van der Waals surface area contributed by atoms with Crippen LogP contribution in [0.15, 0.2) is 4.90 Å². The standard InChI is InChI=1S/C12H20N2O2S2/c1-5-16-12(15)10-8(13)9(17-4)11(18-10)14-6-7(2)3/h7,14H,5-6,13H2,1-4H3. The van der Waals surface area contributed by atoms with Gasteiger partial charge in [-0.25, -0.2) is 4.79 Å². The molecule has 0 fully saturated rings. The fourth-order valence-electron chi connectivity index (χ4n) is 1.39. The lowest BCUT2D eigenvalue weighted by molar-refractivity contribution is 0.0533. The van der Waals surface area contributed by atoms with E-state index in [4.69, 9.17) is 10.5 Å². The largest absolute Gasteiger partial charge is 0.462 e. The van der Waals surface area contributed by atoms with Crippen LogP contribution in [-0.4, -0.2) is 25.4 Å².